The van der Waals surface area contributed by atoms with Crippen molar-refractivity contribution in [2.75, 3.05) is 26.4 Å². The van der Waals surface area contributed by atoms with E-state index in [2.05, 4.69) is 5.32 Å². The number of fused-ring (bicyclic) bond motifs is 1. The maximum atomic E-state index is 6.19. The van der Waals surface area contributed by atoms with E-state index in [9.17, 15) is 0 Å². The van der Waals surface area contributed by atoms with Gasteiger partial charge in [0.05, 0.1) is 11.1 Å². The van der Waals surface area contributed by atoms with Crippen molar-refractivity contribution in [3.05, 3.63) is 22.7 Å². The minimum atomic E-state index is 0.298. The van der Waals surface area contributed by atoms with Crippen molar-refractivity contribution in [1.29, 1.82) is 0 Å². The largest absolute Gasteiger partial charge is 0.486 e. The van der Waals surface area contributed by atoms with Gasteiger partial charge in [-0.05, 0) is 44.5 Å². The normalized spacial score (nSPS) is 13.8. The second kappa shape index (κ2) is 7.72. The summed E-state index contributed by atoms with van der Waals surface area (Å²) in [4.78, 5) is 0. The fourth-order valence-corrected chi connectivity index (χ4v) is 2.30. The van der Waals surface area contributed by atoms with E-state index < -0.39 is 0 Å². The number of nitrogens with one attached hydrogen (secondary N) is 1. The van der Waals surface area contributed by atoms with Crippen LogP contribution in [-0.4, -0.2) is 32.5 Å². The molecule has 0 saturated carbocycles. The Labute approximate surface area is 125 Å². The third-order valence-corrected chi connectivity index (χ3v) is 3.22. The van der Waals surface area contributed by atoms with Crippen molar-refractivity contribution in [2.24, 2.45) is 0 Å². The molecule has 4 nitrogen and oxygen atoms in total. The molecule has 0 radical (unpaired) electrons. The average Bonchev–Trinajstić information content (AvgIpc) is 2.42. The molecule has 20 heavy (non-hydrogen) atoms. The Morgan fingerprint density at radius 1 is 1.30 bits per heavy atom. The van der Waals surface area contributed by atoms with E-state index in [1.807, 2.05) is 26.0 Å². The van der Waals surface area contributed by atoms with Crippen LogP contribution in [0.15, 0.2) is 12.1 Å². The molecule has 0 spiro atoms. The summed E-state index contributed by atoms with van der Waals surface area (Å²) in [6.45, 7) is 7.69. The van der Waals surface area contributed by atoms with Crippen LogP contribution in [0.5, 0.6) is 11.5 Å². The van der Waals surface area contributed by atoms with Gasteiger partial charge < -0.3 is 19.5 Å². The topological polar surface area (TPSA) is 39.7 Å². The summed E-state index contributed by atoms with van der Waals surface area (Å²) in [5.41, 5.74) is 1.10. The number of hydrogen-bond acceptors (Lipinski definition) is 4. The molecule has 0 amide bonds. The Kier molecular flexibility index (Phi) is 5.95. The lowest BCUT2D eigenvalue weighted by Crippen LogP contribution is -2.19. The summed E-state index contributed by atoms with van der Waals surface area (Å²) in [6.07, 6.45) is 1.29. The van der Waals surface area contributed by atoms with Crippen LogP contribution in [0.1, 0.15) is 25.8 Å². The summed E-state index contributed by atoms with van der Waals surface area (Å²) < 4.78 is 16.5. The van der Waals surface area contributed by atoms with Gasteiger partial charge in [-0.1, -0.05) is 11.6 Å². The minimum absolute atomic E-state index is 0.298. The molecule has 0 aromatic heterocycles. The van der Waals surface area contributed by atoms with Gasteiger partial charge in [-0.25, -0.2) is 0 Å². The van der Waals surface area contributed by atoms with Crippen LogP contribution < -0.4 is 14.8 Å². The SMILES string of the molecule is CC(C)OCCCNCc1cc(Cl)c2c(c1)OCCO2. The lowest BCUT2D eigenvalue weighted by molar-refractivity contribution is 0.0770. The van der Waals surface area contributed by atoms with Crippen molar-refractivity contribution >= 4 is 11.6 Å². The smallest absolute Gasteiger partial charge is 0.179 e. The number of rotatable bonds is 7. The number of benzene rings is 1. The van der Waals surface area contributed by atoms with Gasteiger partial charge in [0.15, 0.2) is 11.5 Å². The van der Waals surface area contributed by atoms with Crippen LogP contribution in [0, 0.1) is 0 Å². The highest BCUT2D eigenvalue weighted by Gasteiger charge is 2.16. The van der Waals surface area contributed by atoms with Gasteiger partial charge in [0.1, 0.15) is 13.2 Å². The zero-order chi connectivity index (χ0) is 14.4. The van der Waals surface area contributed by atoms with Crippen molar-refractivity contribution in [3.8, 4) is 11.5 Å². The van der Waals surface area contributed by atoms with Gasteiger partial charge in [-0.3, -0.25) is 0 Å². The quantitative estimate of drug-likeness (QED) is 0.786. The van der Waals surface area contributed by atoms with Crippen LogP contribution in [0.3, 0.4) is 0 Å². The third kappa shape index (κ3) is 4.54. The van der Waals surface area contributed by atoms with Crippen LogP contribution in [0.2, 0.25) is 5.02 Å². The van der Waals surface area contributed by atoms with Gasteiger partial charge in [0.25, 0.3) is 0 Å². The molecule has 0 unspecified atom stereocenters. The van der Waals surface area contributed by atoms with Crippen LogP contribution in [0.4, 0.5) is 0 Å². The van der Waals surface area contributed by atoms with E-state index in [-0.39, 0.29) is 0 Å². The summed E-state index contributed by atoms with van der Waals surface area (Å²) in [5, 5.41) is 3.99. The first-order chi connectivity index (χ1) is 9.66. The van der Waals surface area contributed by atoms with Crippen molar-refractivity contribution < 1.29 is 14.2 Å². The van der Waals surface area contributed by atoms with Gasteiger partial charge in [0, 0.05) is 13.2 Å². The predicted molar refractivity (Wildman–Crippen MR) is 79.9 cm³/mol. The molecule has 0 bridgehead atoms. The lowest BCUT2D eigenvalue weighted by Gasteiger charge is -2.20. The molecule has 5 heteroatoms. The van der Waals surface area contributed by atoms with Gasteiger partial charge in [-0.2, -0.15) is 0 Å². The average molecular weight is 300 g/mol. The molecule has 0 atom stereocenters. The monoisotopic (exact) mass is 299 g/mol. The number of ether oxygens (including phenoxy) is 3. The van der Waals surface area contributed by atoms with Gasteiger partial charge in [0.2, 0.25) is 0 Å². The van der Waals surface area contributed by atoms with E-state index in [1.54, 1.807) is 0 Å². The first-order valence-corrected chi connectivity index (χ1v) is 7.45. The first kappa shape index (κ1) is 15.4. The third-order valence-electron chi connectivity index (χ3n) is 2.93. The van der Waals surface area contributed by atoms with Gasteiger partial charge in [-0.15, -0.1) is 0 Å². The molecule has 0 aliphatic carbocycles. The van der Waals surface area contributed by atoms with E-state index in [0.29, 0.717) is 30.1 Å². The minimum Gasteiger partial charge on any atom is -0.486 e. The zero-order valence-electron chi connectivity index (χ0n) is 12.1. The highest BCUT2D eigenvalue weighted by Crippen LogP contribution is 2.38. The molecule has 1 aromatic carbocycles. The molecular weight excluding hydrogens is 278 g/mol. The zero-order valence-corrected chi connectivity index (χ0v) is 12.8. The summed E-state index contributed by atoms with van der Waals surface area (Å²) in [7, 11) is 0. The van der Waals surface area contributed by atoms with Crippen LogP contribution in [0.25, 0.3) is 0 Å². The first-order valence-electron chi connectivity index (χ1n) is 7.07. The fraction of sp³-hybridized carbons (Fsp3) is 0.600. The second-order valence-corrected chi connectivity index (χ2v) is 5.46. The van der Waals surface area contributed by atoms with Crippen molar-refractivity contribution in [3.63, 3.8) is 0 Å². The second-order valence-electron chi connectivity index (χ2n) is 5.05. The molecule has 2 rings (SSSR count). The van der Waals surface area contributed by atoms with Crippen LogP contribution in [-0.2, 0) is 11.3 Å². The Balaban J connectivity index is 1.77. The molecule has 1 aliphatic rings. The number of halogens is 1. The molecule has 0 saturated heterocycles. The summed E-state index contributed by atoms with van der Waals surface area (Å²) >= 11 is 6.19. The lowest BCUT2D eigenvalue weighted by atomic mass is 10.2. The van der Waals surface area contributed by atoms with E-state index in [4.69, 9.17) is 25.8 Å². The highest BCUT2D eigenvalue weighted by molar-refractivity contribution is 6.32. The molecule has 112 valence electrons. The predicted octanol–water partition coefficient (Wildman–Crippen LogP) is 3.02. The van der Waals surface area contributed by atoms with E-state index in [0.717, 1.165) is 37.4 Å². The van der Waals surface area contributed by atoms with Crippen LogP contribution >= 0.6 is 11.6 Å². The molecule has 1 heterocycles. The summed E-state index contributed by atoms with van der Waals surface area (Å²) in [6, 6.07) is 3.91. The maximum Gasteiger partial charge on any atom is 0.179 e. The van der Waals surface area contributed by atoms with E-state index in [1.165, 1.54) is 0 Å². The molecular formula is C15H22ClNO3. The standard InChI is InChI=1S/C15H22ClNO3/c1-11(2)18-5-3-4-17-10-12-8-13(16)15-14(9-12)19-6-7-20-15/h8-9,11,17H,3-7,10H2,1-2H3. The Hall–Kier alpha value is -0.970. The maximum absolute atomic E-state index is 6.19. The summed E-state index contributed by atoms with van der Waals surface area (Å²) in [5.74, 6) is 1.40. The highest BCUT2D eigenvalue weighted by atomic mass is 35.5. The molecule has 1 aromatic rings. The Morgan fingerprint density at radius 3 is 2.90 bits per heavy atom. The molecule has 1 N–H and O–H groups in total. The molecule has 1 aliphatic heterocycles. The van der Waals surface area contributed by atoms with E-state index >= 15 is 0 Å². The van der Waals surface area contributed by atoms with Gasteiger partial charge >= 0.3 is 0 Å². The Bertz CT molecular complexity index is 437. The fourth-order valence-electron chi connectivity index (χ4n) is 2.02. The number of hydrogen-bond donors (Lipinski definition) is 1. The van der Waals surface area contributed by atoms with Crippen molar-refractivity contribution in [1.82, 2.24) is 5.32 Å². The Morgan fingerprint density at radius 2 is 2.10 bits per heavy atom. The van der Waals surface area contributed by atoms with Crippen molar-refractivity contribution in [2.45, 2.75) is 32.9 Å². The molecule has 0 fully saturated rings.